The third kappa shape index (κ3) is 5.06. The molecule has 0 saturated carbocycles. The van der Waals surface area contributed by atoms with Gasteiger partial charge in [-0.1, -0.05) is 0 Å². The molecular weight excluding hydrogens is 363 g/mol. The highest BCUT2D eigenvalue weighted by Gasteiger charge is 2.42. The molecule has 28 heavy (non-hydrogen) atoms. The van der Waals surface area contributed by atoms with Crippen LogP contribution in [-0.2, 0) is 14.3 Å². The van der Waals surface area contributed by atoms with E-state index < -0.39 is 5.41 Å². The Morgan fingerprint density at radius 1 is 1.14 bits per heavy atom. The fourth-order valence-corrected chi connectivity index (χ4v) is 3.98. The molecular formula is C20H29FN4O3. The Morgan fingerprint density at radius 3 is 2.39 bits per heavy atom. The predicted molar refractivity (Wildman–Crippen MR) is 104 cm³/mol. The Labute approximate surface area is 165 Å². The quantitative estimate of drug-likeness (QED) is 0.753. The highest BCUT2D eigenvalue weighted by atomic mass is 19.1. The number of ether oxygens (including phenoxy) is 1. The second kappa shape index (κ2) is 9.45. The number of carbonyl (C=O) groups excluding carboxylic acids is 2. The topological polar surface area (TPSA) is 73.9 Å². The monoisotopic (exact) mass is 392 g/mol. The van der Waals surface area contributed by atoms with Gasteiger partial charge in [-0.05, 0) is 50.2 Å². The number of piperazine rings is 1. The smallest absolute Gasteiger partial charge is 0.238 e. The summed E-state index contributed by atoms with van der Waals surface area (Å²) < 4.78 is 18.3. The second-order valence-electron chi connectivity index (χ2n) is 7.59. The normalized spacial score (nSPS) is 20.0. The Hall–Kier alpha value is -2.03. The zero-order valence-electron chi connectivity index (χ0n) is 16.4. The van der Waals surface area contributed by atoms with Gasteiger partial charge in [0.15, 0.2) is 0 Å². The van der Waals surface area contributed by atoms with Crippen LogP contribution in [0.2, 0.25) is 0 Å². The Kier molecular flexibility index (Phi) is 6.98. The van der Waals surface area contributed by atoms with Crippen molar-refractivity contribution in [1.82, 2.24) is 15.1 Å². The van der Waals surface area contributed by atoms with Crippen molar-refractivity contribution < 1.29 is 18.7 Å². The van der Waals surface area contributed by atoms with Crippen LogP contribution in [-0.4, -0.2) is 81.1 Å². The lowest BCUT2D eigenvalue weighted by Gasteiger charge is -2.42. The highest BCUT2D eigenvalue weighted by Crippen LogP contribution is 2.32. The molecule has 1 aromatic rings. The fourth-order valence-electron chi connectivity index (χ4n) is 3.98. The molecule has 8 heteroatoms. The number of rotatable bonds is 6. The Balaban J connectivity index is 1.48. The van der Waals surface area contributed by atoms with Crippen molar-refractivity contribution in [2.24, 2.45) is 5.41 Å². The Bertz CT molecular complexity index is 663. The third-order valence-corrected chi connectivity index (χ3v) is 5.59. The molecule has 2 aliphatic heterocycles. The van der Waals surface area contributed by atoms with Crippen LogP contribution < -0.4 is 10.6 Å². The lowest BCUT2D eigenvalue weighted by molar-refractivity contribution is -0.149. The summed E-state index contributed by atoms with van der Waals surface area (Å²) in [6.07, 6.45) is 1.58. The number of anilines is 1. The maximum absolute atomic E-state index is 13.2. The average molecular weight is 392 g/mol. The second-order valence-corrected chi connectivity index (χ2v) is 7.59. The van der Waals surface area contributed by atoms with Crippen LogP contribution in [0, 0.1) is 11.2 Å². The van der Waals surface area contributed by atoms with Gasteiger partial charge >= 0.3 is 0 Å². The van der Waals surface area contributed by atoms with E-state index >= 15 is 0 Å². The average Bonchev–Trinajstić information content (AvgIpc) is 2.71. The van der Waals surface area contributed by atoms with Crippen LogP contribution in [0.4, 0.5) is 10.1 Å². The number of benzene rings is 1. The third-order valence-electron chi connectivity index (χ3n) is 5.59. The van der Waals surface area contributed by atoms with Crippen LogP contribution in [0.25, 0.3) is 0 Å². The van der Waals surface area contributed by atoms with Crippen LogP contribution in [0.5, 0.6) is 0 Å². The molecule has 2 amide bonds. The van der Waals surface area contributed by atoms with Gasteiger partial charge in [0.1, 0.15) is 5.82 Å². The molecule has 154 valence electrons. The van der Waals surface area contributed by atoms with E-state index in [1.807, 2.05) is 9.80 Å². The molecule has 2 fully saturated rings. The van der Waals surface area contributed by atoms with E-state index in [1.165, 1.54) is 24.3 Å². The molecule has 2 saturated heterocycles. The Morgan fingerprint density at radius 2 is 1.79 bits per heavy atom. The molecule has 0 aromatic heterocycles. The molecule has 0 bridgehead atoms. The van der Waals surface area contributed by atoms with Crippen LogP contribution in [0.15, 0.2) is 24.3 Å². The van der Waals surface area contributed by atoms with Gasteiger partial charge in [0, 0.05) is 39.0 Å². The van der Waals surface area contributed by atoms with Crippen molar-refractivity contribution in [1.29, 1.82) is 0 Å². The highest BCUT2D eigenvalue weighted by molar-refractivity contribution is 5.92. The predicted octanol–water partition coefficient (Wildman–Crippen LogP) is 0.925. The molecule has 3 rings (SSSR count). The number of nitrogens with one attached hydrogen (secondary N) is 2. The SMILES string of the molecule is COCC1(C(=O)N2CCN(CC(=O)Nc3ccc(F)cc3)CC2)CCNCC1. The molecule has 2 N–H and O–H groups in total. The first-order valence-corrected chi connectivity index (χ1v) is 9.79. The van der Waals surface area contributed by atoms with Crippen molar-refractivity contribution in [3.05, 3.63) is 30.1 Å². The lowest BCUT2D eigenvalue weighted by atomic mass is 9.78. The van der Waals surface area contributed by atoms with Gasteiger partial charge < -0.3 is 20.3 Å². The van der Waals surface area contributed by atoms with Crippen molar-refractivity contribution in [3.63, 3.8) is 0 Å². The van der Waals surface area contributed by atoms with Gasteiger partial charge in [-0.25, -0.2) is 4.39 Å². The summed E-state index contributed by atoms with van der Waals surface area (Å²) in [7, 11) is 1.65. The van der Waals surface area contributed by atoms with Gasteiger partial charge in [0.2, 0.25) is 11.8 Å². The van der Waals surface area contributed by atoms with E-state index in [1.54, 1.807) is 7.11 Å². The van der Waals surface area contributed by atoms with Crippen LogP contribution >= 0.6 is 0 Å². The first kappa shape index (κ1) is 20.7. The summed E-state index contributed by atoms with van der Waals surface area (Å²) in [5.41, 5.74) is 0.148. The summed E-state index contributed by atoms with van der Waals surface area (Å²) in [6, 6.07) is 5.71. The van der Waals surface area contributed by atoms with Crippen molar-refractivity contribution >= 4 is 17.5 Å². The number of hydrogen-bond acceptors (Lipinski definition) is 5. The van der Waals surface area contributed by atoms with E-state index in [2.05, 4.69) is 10.6 Å². The number of methoxy groups -OCH3 is 1. The molecule has 2 heterocycles. The van der Waals surface area contributed by atoms with Gasteiger partial charge in [-0.3, -0.25) is 14.5 Å². The largest absolute Gasteiger partial charge is 0.384 e. The van der Waals surface area contributed by atoms with Gasteiger partial charge in [0.05, 0.1) is 18.6 Å². The van der Waals surface area contributed by atoms with Crippen LogP contribution in [0.1, 0.15) is 12.8 Å². The number of piperidine rings is 1. The van der Waals surface area contributed by atoms with Crippen molar-refractivity contribution in [2.75, 3.05) is 64.8 Å². The van der Waals surface area contributed by atoms with E-state index in [0.29, 0.717) is 38.5 Å². The minimum atomic E-state index is -0.428. The summed E-state index contributed by atoms with van der Waals surface area (Å²) in [5.74, 6) is -0.300. The number of hydrogen-bond donors (Lipinski definition) is 2. The zero-order chi connectivity index (χ0) is 20.0. The summed E-state index contributed by atoms with van der Waals surface area (Å²) in [4.78, 5) is 29.3. The minimum absolute atomic E-state index is 0.138. The lowest BCUT2D eigenvalue weighted by Crippen LogP contribution is -2.57. The van der Waals surface area contributed by atoms with Gasteiger partial charge in [-0.15, -0.1) is 0 Å². The van der Waals surface area contributed by atoms with E-state index in [4.69, 9.17) is 4.74 Å². The minimum Gasteiger partial charge on any atom is -0.384 e. The molecule has 0 radical (unpaired) electrons. The molecule has 2 aliphatic rings. The molecule has 0 atom stereocenters. The van der Waals surface area contributed by atoms with Crippen molar-refractivity contribution in [2.45, 2.75) is 12.8 Å². The standard InChI is InChI=1S/C20H29FN4O3/c1-28-15-20(6-8-22-9-7-20)19(27)25-12-10-24(11-13-25)14-18(26)23-17-4-2-16(21)3-5-17/h2-5,22H,6-15H2,1H3,(H,23,26). The van der Waals surface area contributed by atoms with Crippen LogP contribution in [0.3, 0.4) is 0 Å². The molecule has 0 aliphatic carbocycles. The summed E-state index contributed by atoms with van der Waals surface area (Å²) in [6.45, 7) is 4.91. The first-order valence-electron chi connectivity index (χ1n) is 9.79. The van der Waals surface area contributed by atoms with E-state index in [9.17, 15) is 14.0 Å². The number of carbonyl (C=O) groups is 2. The number of halogens is 1. The van der Waals surface area contributed by atoms with Crippen molar-refractivity contribution in [3.8, 4) is 0 Å². The molecule has 0 unspecified atom stereocenters. The summed E-state index contributed by atoms with van der Waals surface area (Å²) in [5, 5.41) is 6.08. The first-order chi connectivity index (χ1) is 13.5. The van der Waals surface area contributed by atoms with E-state index in [0.717, 1.165) is 25.9 Å². The number of amides is 2. The van der Waals surface area contributed by atoms with Gasteiger partial charge in [-0.2, -0.15) is 0 Å². The fraction of sp³-hybridized carbons (Fsp3) is 0.600. The molecule has 7 nitrogen and oxygen atoms in total. The van der Waals surface area contributed by atoms with E-state index in [-0.39, 0.29) is 24.2 Å². The molecule has 0 spiro atoms. The zero-order valence-corrected chi connectivity index (χ0v) is 16.4. The summed E-state index contributed by atoms with van der Waals surface area (Å²) >= 11 is 0. The maximum atomic E-state index is 13.2. The van der Waals surface area contributed by atoms with Gasteiger partial charge in [0.25, 0.3) is 0 Å². The number of nitrogens with zero attached hydrogens (tertiary/aromatic N) is 2. The molecule has 1 aromatic carbocycles. The maximum Gasteiger partial charge on any atom is 0.238 e.